The van der Waals surface area contributed by atoms with Gasteiger partial charge in [0.1, 0.15) is 0 Å². The maximum atomic E-state index is 7.36. The van der Waals surface area contributed by atoms with Crippen LogP contribution < -0.4 is 0 Å². The highest BCUT2D eigenvalue weighted by molar-refractivity contribution is 8.14. The topological polar surface area (TPSA) is 47.7 Å². The van der Waals surface area contributed by atoms with E-state index in [-0.39, 0.29) is 0 Å². The number of hydrogen-bond acceptors (Lipinski definition) is 4. The maximum absolute atomic E-state index is 7.36. The second-order valence-electron chi connectivity index (χ2n) is 2.79. The lowest BCUT2D eigenvalue weighted by atomic mass is 10.4. The van der Waals surface area contributed by atoms with Gasteiger partial charge in [0.2, 0.25) is 0 Å². The average molecular weight is 224 g/mol. The molecular formula is C10H12N2S2. The van der Waals surface area contributed by atoms with E-state index in [2.05, 4.69) is 0 Å². The first-order chi connectivity index (χ1) is 6.58. The van der Waals surface area contributed by atoms with Crippen LogP contribution >= 0.6 is 23.5 Å². The first-order valence-electron chi connectivity index (χ1n) is 4.14. The van der Waals surface area contributed by atoms with Crippen LogP contribution in [0, 0.1) is 10.8 Å². The van der Waals surface area contributed by atoms with E-state index < -0.39 is 0 Å². The molecule has 0 radical (unpaired) electrons. The van der Waals surface area contributed by atoms with Gasteiger partial charge >= 0.3 is 0 Å². The van der Waals surface area contributed by atoms with Crippen LogP contribution in [-0.4, -0.2) is 10.1 Å². The molecule has 0 saturated heterocycles. The molecule has 1 aromatic rings. The van der Waals surface area contributed by atoms with E-state index in [1.165, 1.54) is 23.5 Å². The Labute approximate surface area is 92.5 Å². The fourth-order valence-electron chi connectivity index (χ4n) is 0.955. The highest BCUT2D eigenvalue weighted by atomic mass is 32.2. The number of thioether (sulfide) groups is 2. The number of rotatable bonds is 2. The van der Waals surface area contributed by atoms with Crippen molar-refractivity contribution in [3.63, 3.8) is 0 Å². The summed E-state index contributed by atoms with van der Waals surface area (Å²) >= 11 is 2.88. The van der Waals surface area contributed by atoms with Crippen LogP contribution in [-0.2, 0) is 0 Å². The standard InChI is InChI=1S/C10H12N2S2/c1-7(11)13-9-4-3-5-10(6-9)14-8(2)12/h3-6,11-12H,1-2H3. The third kappa shape index (κ3) is 3.98. The largest absolute Gasteiger partial charge is 0.298 e. The van der Waals surface area contributed by atoms with Gasteiger partial charge in [-0.2, -0.15) is 0 Å². The van der Waals surface area contributed by atoms with Gasteiger partial charge in [-0.15, -0.1) is 0 Å². The quantitative estimate of drug-likeness (QED) is 0.455. The minimum absolute atomic E-state index is 0.582. The van der Waals surface area contributed by atoms with Gasteiger partial charge in [0.05, 0.1) is 10.1 Å². The lowest BCUT2D eigenvalue weighted by Gasteiger charge is -2.02. The van der Waals surface area contributed by atoms with Gasteiger partial charge in [-0.3, -0.25) is 10.8 Å². The van der Waals surface area contributed by atoms with Gasteiger partial charge in [-0.1, -0.05) is 29.6 Å². The molecule has 0 unspecified atom stereocenters. The molecule has 14 heavy (non-hydrogen) atoms. The molecule has 0 atom stereocenters. The van der Waals surface area contributed by atoms with E-state index in [4.69, 9.17) is 10.8 Å². The molecule has 0 aliphatic rings. The molecule has 0 aromatic heterocycles. The van der Waals surface area contributed by atoms with Crippen molar-refractivity contribution < 1.29 is 0 Å². The highest BCUT2D eigenvalue weighted by Gasteiger charge is 1.99. The van der Waals surface area contributed by atoms with E-state index in [9.17, 15) is 0 Å². The predicted octanol–water partition coefficient (Wildman–Crippen LogP) is 3.87. The number of nitrogens with one attached hydrogen (secondary N) is 2. The van der Waals surface area contributed by atoms with E-state index in [0.717, 1.165) is 9.79 Å². The summed E-state index contributed by atoms with van der Waals surface area (Å²) in [5.74, 6) is 0. The molecule has 74 valence electrons. The molecule has 0 aliphatic carbocycles. The Morgan fingerprint density at radius 2 is 1.43 bits per heavy atom. The van der Waals surface area contributed by atoms with Crippen molar-refractivity contribution in [1.82, 2.24) is 0 Å². The summed E-state index contributed by atoms with van der Waals surface area (Å²) in [6.45, 7) is 3.54. The zero-order valence-corrected chi connectivity index (χ0v) is 9.76. The highest BCUT2D eigenvalue weighted by Crippen LogP contribution is 2.25. The van der Waals surface area contributed by atoms with E-state index in [1.807, 2.05) is 24.3 Å². The Bertz CT molecular complexity index is 330. The summed E-state index contributed by atoms with van der Waals surface area (Å²) in [7, 11) is 0. The molecule has 1 aromatic carbocycles. The Balaban J connectivity index is 2.78. The summed E-state index contributed by atoms with van der Waals surface area (Å²) in [5, 5.41) is 15.9. The Morgan fingerprint density at radius 1 is 1.00 bits per heavy atom. The Hall–Kier alpha value is -0.740. The molecule has 0 amide bonds. The molecule has 2 nitrogen and oxygen atoms in total. The zero-order valence-electron chi connectivity index (χ0n) is 8.13. The number of hydrogen-bond donors (Lipinski definition) is 2. The molecule has 0 aliphatic heterocycles. The van der Waals surface area contributed by atoms with Gasteiger partial charge in [-0.25, -0.2) is 0 Å². The van der Waals surface area contributed by atoms with Gasteiger partial charge in [0.15, 0.2) is 0 Å². The monoisotopic (exact) mass is 224 g/mol. The third-order valence-corrected chi connectivity index (χ3v) is 2.94. The molecule has 0 heterocycles. The summed E-state index contributed by atoms with van der Waals surface area (Å²) in [5.41, 5.74) is 0. The van der Waals surface area contributed by atoms with Crippen molar-refractivity contribution in [1.29, 1.82) is 10.8 Å². The van der Waals surface area contributed by atoms with Gasteiger partial charge in [0.25, 0.3) is 0 Å². The summed E-state index contributed by atoms with van der Waals surface area (Å²) in [6, 6.07) is 7.92. The molecule has 0 spiro atoms. The van der Waals surface area contributed by atoms with Crippen LogP contribution in [0.2, 0.25) is 0 Å². The first-order valence-corrected chi connectivity index (χ1v) is 5.77. The van der Waals surface area contributed by atoms with Gasteiger partial charge in [-0.05, 0) is 32.0 Å². The van der Waals surface area contributed by atoms with Crippen molar-refractivity contribution in [3.8, 4) is 0 Å². The SMILES string of the molecule is CC(=N)Sc1cccc(SC(C)=N)c1. The second-order valence-corrected chi connectivity index (χ2v) is 5.37. The minimum atomic E-state index is 0.582. The maximum Gasteiger partial charge on any atom is 0.0658 e. The van der Waals surface area contributed by atoms with Crippen molar-refractivity contribution in [3.05, 3.63) is 24.3 Å². The predicted molar refractivity (Wildman–Crippen MR) is 65.0 cm³/mol. The van der Waals surface area contributed by atoms with E-state index >= 15 is 0 Å². The molecule has 1 rings (SSSR count). The Morgan fingerprint density at radius 3 is 1.79 bits per heavy atom. The zero-order chi connectivity index (χ0) is 10.6. The van der Waals surface area contributed by atoms with Crippen LogP contribution in [0.4, 0.5) is 0 Å². The van der Waals surface area contributed by atoms with Crippen LogP contribution in [0.1, 0.15) is 13.8 Å². The summed E-state index contributed by atoms with van der Waals surface area (Å²) in [6.07, 6.45) is 0. The Kier molecular flexibility index (Phi) is 4.22. The van der Waals surface area contributed by atoms with E-state index in [0.29, 0.717) is 10.1 Å². The lowest BCUT2D eigenvalue weighted by molar-refractivity contribution is 1.34. The van der Waals surface area contributed by atoms with Crippen LogP contribution in [0.15, 0.2) is 34.1 Å². The smallest absolute Gasteiger partial charge is 0.0658 e. The summed E-state index contributed by atoms with van der Waals surface area (Å²) < 4.78 is 0. The molecule has 0 bridgehead atoms. The molecule has 2 N–H and O–H groups in total. The number of benzene rings is 1. The second kappa shape index (κ2) is 5.22. The third-order valence-electron chi connectivity index (χ3n) is 1.35. The molecule has 0 fully saturated rings. The van der Waals surface area contributed by atoms with Crippen molar-refractivity contribution in [2.45, 2.75) is 23.6 Å². The van der Waals surface area contributed by atoms with E-state index in [1.54, 1.807) is 13.8 Å². The first kappa shape index (κ1) is 11.3. The molecular weight excluding hydrogens is 212 g/mol. The fourth-order valence-corrected chi connectivity index (χ4v) is 2.40. The molecule has 4 heteroatoms. The van der Waals surface area contributed by atoms with Crippen LogP contribution in [0.5, 0.6) is 0 Å². The molecule has 0 saturated carbocycles. The average Bonchev–Trinajstić information content (AvgIpc) is 2.01. The lowest BCUT2D eigenvalue weighted by Crippen LogP contribution is -1.83. The van der Waals surface area contributed by atoms with Gasteiger partial charge < -0.3 is 0 Å². The normalized spacial score (nSPS) is 9.86. The van der Waals surface area contributed by atoms with Crippen molar-refractivity contribution in [2.75, 3.05) is 0 Å². The van der Waals surface area contributed by atoms with Crippen LogP contribution in [0.25, 0.3) is 0 Å². The van der Waals surface area contributed by atoms with Crippen LogP contribution in [0.3, 0.4) is 0 Å². The van der Waals surface area contributed by atoms with Crippen molar-refractivity contribution in [2.24, 2.45) is 0 Å². The van der Waals surface area contributed by atoms with Gasteiger partial charge in [0, 0.05) is 9.79 Å². The summed E-state index contributed by atoms with van der Waals surface area (Å²) in [4.78, 5) is 2.12. The minimum Gasteiger partial charge on any atom is -0.298 e. The van der Waals surface area contributed by atoms with Crippen molar-refractivity contribution >= 4 is 33.6 Å². The fraction of sp³-hybridized carbons (Fsp3) is 0.200.